The molecule has 0 spiro atoms. The highest BCUT2D eigenvalue weighted by atomic mass is 32.2. The molecule has 1 heterocycles. The smallest absolute Gasteiger partial charge is 0.399 e. The number of amides is 1. The number of halogens is 3. The lowest BCUT2D eigenvalue weighted by atomic mass is 10.2. The molecule has 28 heavy (non-hydrogen) atoms. The Hall–Kier alpha value is -3.20. The van der Waals surface area contributed by atoms with E-state index in [1.54, 1.807) is 24.3 Å². The molecule has 1 amide bonds. The van der Waals surface area contributed by atoms with Crippen LogP contribution in [0, 0.1) is 0 Å². The zero-order chi connectivity index (χ0) is 20.3. The van der Waals surface area contributed by atoms with Crippen molar-refractivity contribution in [2.75, 3.05) is 16.8 Å². The molecule has 0 radical (unpaired) electrons. The Kier molecular flexibility index (Phi) is 5.46. The lowest BCUT2D eigenvalue weighted by Crippen LogP contribution is -2.14. The summed E-state index contributed by atoms with van der Waals surface area (Å²) in [7, 11) is 0. The molecule has 0 bridgehead atoms. The molecule has 0 aliphatic carbocycles. The maximum atomic E-state index is 12.6. The molecule has 0 aliphatic heterocycles. The summed E-state index contributed by atoms with van der Waals surface area (Å²) in [6, 6.07) is 14.0. The number of nitrogens with zero attached hydrogens (tertiary/aromatic N) is 1. The molecule has 3 aromatic rings. The number of aromatic nitrogens is 1. The minimum absolute atomic E-state index is 0.0110. The van der Waals surface area contributed by atoms with Crippen molar-refractivity contribution >= 4 is 34.9 Å². The van der Waals surface area contributed by atoms with Gasteiger partial charge in [0.2, 0.25) is 0 Å². The summed E-state index contributed by atoms with van der Waals surface area (Å²) in [5, 5.41) is 2.45. The van der Waals surface area contributed by atoms with Crippen LogP contribution in [-0.2, 0) is 6.18 Å². The van der Waals surface area contributed by atoms with Gasteiger partial charge >= 0.3 is 6.18 Å². The number of benzene rings is 2. The van der Waals surface area contributed by atoms with Gasteiger partial charge in [0.25, 0.3) is 5.91 Å². The van der Waals surface area contributed by atoms with Gasteiger partial charge in [-0.05, 0) is 54.6 Å². The first-order valence-electron chi connectivity index (χ1n) is 8.00. The van der Waals surface area contributed by atoms with Crippen molar-refractivity contribution < 1.29 is 18.0 Å². The predicted octanol–water partition coefficient (Wildman–Crippen LogP) is 4.67. The second kappa shape index (κ2) is 7.81. The van der Waals surface area contributed by atoms with E-state index in [0.29, 0.717) is 17.6 Å². The Labute approximate surface area is 163 Å². The van der Waals surface area contributed by atoms with Crippen LogP contribution in [-0.4, -0.2) is 10.9 Å². The molecule has 2 aromatic carbocycles. The van der Waals surface area contributed by atoms with Crippen molar-refractivity contribution in [3.63, 3.8) is 0 Å². The number of nitrogen functional groups attached to an aromatic ring is 2. The SMILES string of the molecule is Nc1ccc(Sc2ccc(C(=O)Nc3ccc(C(F)(F)F)cn3)cc2N)cc1. The first-order chi connectivity index (χ1) is 13.2. The number of carbonyl (C=O) groups excluding carboxylic acids is 1. The molecule has 0 atom stereocenters. The zero-order valence-electron chi connectivity index (χ0n) is 14.3. The minimum atomic E-state index is -4.48. The van der Waals surface area contributed by atoms with E-state index < -0.39 is 17.6 Å². The average molecular weight is 404 g/mol. The van der Waals surface area contributed by atoms with E-state index in [4.69, 9.17) is 11.5 Å². The molecule has 0 unspecified atom stereocenters. The summed E-state index contributed by atoms with van der Waals surface area (Å²) < 4.78 is 37.7. The molecule has 3 rings (SSSR count). The summed E-state index contributed by atoms with van der Waals surface area (Å²) in [5.74, 6) is -0.514. The van der Waals surface area contributed by atoms with Crippen LogP contribution >= 0.6 is 11.8 Å². The van der Waals surface area contributed by atoms with E-state index in [1.807, 2.05) is 12.1 Å². The third-order valence-corrected chi connectivity index (χ3v) is 4.81. The summed E-state index contributed by atoms with van der Waals surface area (Å²) in [6.45, 7) is 0. The van der Waals surface area contributed by atoms with Crippen molar-refractivity contribution in [2.24, 2.45) is 0 Å². The second-order valence-corrected chi connectivity index (χ2v) is 6.92. The maximum Gasteiger partial charge on any atom is 0.417 e. The van der Waals surface area contributed by atoms with E-state index in [0.717, 1.165) is 21.9 Å². The van der Waals surface area contributed by atoms with Gasteiger partial charge in [-0.15, -0.1) is 0 Å². The van der Waals surface area contributed by atoms with Crippen LogP contribution in [0.15, 0.2) is 70.6 Å². The number of alkyl halides is 3. The van der Waals surface area contributed by atoms with Crippen molar-refractivity contribution in [3.8, 4) is 0 Å². The van der Waals surface area contributed by atoms with Crippen molar-refractivity contribution in [1.82, 2.24) is 4.98 Å². The van der Waals surface area contributed by atoms with Crippen LogP contribution in [0.1, 0.15) is 15.9 Å². The van der Waals surface area contributed by atoms with E-state index in [1.165, 1.54) is 17.8 Å². The minimum Gasteiger partial charge on any atom is -0.399 e. The number of nitrogens with one attached hydrogen (secondary N) is 1. The number of carbonyl (C=O) groups is 1. The lowest BCUT2D eigenvalue weighted by Gasteiger charge is -2.10. The Morgan fingerprint density at radius 2 is 1.71 bits per heavy atom. The van der Waals surface area contributed by atoms with Crippen LogP contribution in [0.4, 0.5) is 30.4 Å². The van der Waals surface area contributed by atoms with E-state index >= 15 is 0 Å². The second-order valence-electron chi connectivity index (χ2n) is 5.81. The summed E-state index contributed by atoms with van der Waals surface area (Å²) in [4.78, 5) is 17.6. The average Bonchev–Trinajstić information content (AvgIpc) is 2.65. The number of nitrogens with two attached hydrogens (primary N) is 2. The van der Waals surface area contributed by atoms with Gasteiger partial charge in [0.15, 0.2) is 0 Å². The molecule has 5 N–H and O–H groups in total. The van der Waals surface area contributed by atoms with Gasteiger partial charge in [0.05, 0.1) is 5.56 Å². The van der Waals surface area contributed by atoms with Gasteiger partial charge in [0.1, 0.15) is 5.82 Å². The molecular formula is C19H15F3N4OS. The van der Waals surface area contributed by atoms with Crippen LogP contribution < -0.4 is 16.8 Å². The molecular weight excluding hydrogens is 389 g/mol. The highest BCUT2D eigenvalue weighted by Gasteiger charge is 2.30. The van der Waals surface area contributed by atoms with Crippen LogP contribution in [0.3, 0.4) is 0 Å². The standard InChI is InChI=1S/C19H15F3N4OS/c20-19(21,22)12-2-8-17(25-10-12)26-18(27)11-1-7-16(15(24)9-11)28-14-5-3-13(23)4-6-14/h1-10H,23-24H2,(H,25,26,27). The number of pyridine rings is 1. The highest BCUT2D eigenvalue weighted by Crippen LogP contribution is 2.33. The fourth-order valence-electron chi connectivity index (χ4n) is 2.27. The summed E-state index contributed by atoms with van der Waals surface area (Å²) in [5.41, 5.74) is 12.1. The van der Waals surface area contributed by atoms with E-state index in [2.05, 4.69) is 10.3 Å². The molecule has 0 aliphatic rings. The Balaban J connectivity index is 1.70. The van der Waals surface area contributed by atoms with Crippen LogP contribution in [0.5, 0.6) is 0 Å². The van der Waals surface area contributed by atoms with E-state index in [-0.39, 0.29) is 11.4 Å². The van der Waals surface area contributed by atoms with Gasteiger partial charge in [-0.1, -0.05) is 11.8 Å². The first kappa shape index (κ1) is 19.6. The largest absolute Gasteiger partial charge is 0.417 e. The molecule has 1 aromatic heterocycles. The van der Waals surface area contributed by atoms with E-state index in [9.17, 15) is 18.0 Å². The molecule has 144 valence electrons. The maximum absolute atomic E-state index is 12.6. The topological polar surface area (TPSA) is 94.0 Å². The Morgan fingerprint density at radius 3 is 2.29 bits per heavy atom. The lowest BCUT2D eigenvalue weighted by molar-refractivity contribution is -0.137. The van der Waals surface area contributed by atoms with Crippen LogP contribution in [0.2, 0.25) is 0 Å². The van der Waals surface area contributed by atoms with Gasteiger partial charge < -0.3 is 16.8 Å². The van der Waals surface area contributed by atoms with Crippen molar-refractivity contribution in [3.05, 3.63) is 71.9 Å². The molecule has 5 nitrogen and oxygen atoms in total. The Morgan fingerprint density at radius 1 is 1.00 bits per heavy atom. The van der Waals surface area contributed by atoms with Gasteiger partial charge in [-0.25, -0.2) is 4.98 Å². The normalized spacial score (nSPS) is 11.2. The summed E-state index contributed by atoms with van der Waals surface area (Å²) in [6.07, 6.45) is -3.82. The predicted molar refractivity (Wildman–Crippen MR) is 103 cm³/mol. The third kappa shape index (κ3) is 4.74. The summed E-state index contributed by atoms with van der Waals surface area (Å²) >= 11 is 1.42. The number of anilines is 3. The fraction of sp³-hybridized carbons (Fsp3) is 0.0526. The Bertz CT molecular complexity index is 990. The molecule has 9 heteroatoms. The van der Waals surface area contributed by atoms with Crippen LogP contribution in [0.25, 0.3) is 0 Å². The van der Waals surface area contributed by atoms with Gasteiger partial charge in [-0.3, -0.25) is 4.79 Å². The molecule has 0 fully saturated rings. The highest BCUT2D eigenvalue weighted by molar-refractivity contribution is 7.99. The number of hydrogen-bond acceptors (Lipinski definition) is 5. The van der Waals surface area contributed by atoms with Crippen molar-refractivity contribution in [2.45, 2.75) is 16.0 Å². The molecule has 0 saturated carbocycles. The molecule has 0 saturated heterocycles. The number of rotatable bonds is 4. The van der Waals surface area contributed by atoms with Crippen molar-refractivity contribution in [1.29, 1.82) is 0 Å². The fourth-order valence-corrected chi connectivity index (χ4v) is 3.11. The van der Waals surface area contributed by atoms with Gasteiger partial charge in [0, 0.05) is 32.9 Å². The third-order valence-electron chi connectivity index (χ3n) is 3.71. The number of hydrogen-bond donors (Lipinski definition) is 3. The quantitative estimate of drug-likeness (QED) is 0.550. The first-order valence-corrected chi connectivity index (χ1v) is 8.81. The monoisotopic (exact) mass is 404 g/mol. The van der Waals surface area contributed by atoms with Gasteiger partial charge in [-0.2, -0.15) is 13.2 Å². The zero-order valence-corrected chi connectivity index (χ0v) is 15.1.